The number of β-lactam (4-membered cyclic amide) rings is 1. The van der Waals surface area contributed by atoms with E-state index in [0.29, 0.717) is 5.37 Å². The highest BCUT2D eigenvalue weighted by molar-refractivity contribution is 8.01. The fourth-order valence-corrected chi connectivity index (χ4v) is 2.65. The molecule has 2 N–H and O–H groups in total. The number of amides is 1. The second-order valence-electron chi connectivity index (χ2n) is 3.18. The molecule has 1 amide bonds. The van der Waals surface area contributed by atoms with Crippen LogP contribution in [0.4, 0.5) is 0 Å². The van der Waals surface area contributed by atoms with Gasteiger partial charge in [-0.25, -0.2) is 0 Å². The predicted molar refractivity (Wildman–Crippen MR) is 40.5 cm³/mol. The Bertz CT molecular complexity index is 192. The molecule has 3 nitrogen and oxygen atoms in total. The summed E-state index contributed by atoms with van der Waals surface area (Å²) >= 11 is 1.78. The summed E-state index contributed by atoms with van der Waals surface area (Å²) in [4.78, 5) is 10.9. The van der Waals surface area contributed by atoms with E-state index in [-0.39, 0.29) is 16.8 Å². The van der Waals surface area contributed by atoms with Crippen LogP contribution in [0.2, 0.25) is 0 Å². The first kappa shape index (κ1) is 6.49. The van der Waals surface area contributed by atoms with Crippen molar-refractivity contribution in [1.82, 2.24) is 10.6 Å². The van der Waals surface area contributed by atoms with Crippen LogP contribution in [0.3, 0.4) is 0 Å². The van der Waals surface area contributed by atoms with Crippen molar-refractivity contribution in [2.24, 2.45) is 0 Å². The number of nitrogens with one attached hydrogen (secondary N) is 2. The Morgan fingerprint density at radius 2 is 2.30 bits per heavy atom. The van der Waals surface area contributed by atoms with E-state index < -0.39 is 0 Å². The van der Waals surface area contributed by atoms with Gasteiger partial charge in [-0.3, -0.25) is 10.1 Å². The van der Waals surface area contributed by atoms with Crippen molar-refractivity contribution in [2.45, 2.75) is 30.1 Å². The Balaban J connectivity index is 2.12. The molecule has 0 saturated carbocycles. The van der Waals surface area contributed by atoms with E-state index >= 15 is 0 Å². The molecule has 2 atom stereocenters. The van der Waals surface area contributed by atoms with E-state index in [9.17, 15) is 4.79 Å². The molecule has 2 heterocycles. The molecule has 4 heteroatoms. The van der Waals surface area contributed by atoms with Crippen molar-refractivity contribution >= 4 is 17.7 Å². The highest BCUT2D eigenvalue weighted by Gasteiger charge is 2.50. The Hall–Kier alpha value is -0.220. The molecule has 0 aromatic carbocycles. The lowest BCUT2D eigenvalue weighted by atomic mass is 10.1. The largest absolute Gasteiger partial charge is 0.341 e. The Morgan fingerprint density at radius 3 is 2.70 bits per heavy atom. The lowest BCUT2D eigenvalue weighted by Gasteiger charge is -2.28. The molecule has 2 rings (SSSR count). The van der Waals surface area contributed by atoms with Gasteiger partial charge in [0.25, 0.3) is 0 Å². The fraction of sp³-hybridized carbons (Fsp3) is 0.833. The molecule has 56 valence electrons. The molecule has 10 heavy (non-hydrogen) atoms. The first-order valence-electron chi connectivity index (χ1n) is 3.34. The van der Waals surface area contributed by atoms with Gasteiger partial charge in [0.1, 0.15) is 11.4 Å². The minimum atomic E-state index is 0.0640. The van der Waals surface area contributed by atoms with Crippen molar-refractivity contribution in [1.29, 1.82) is 0 Å². The monoisotopic (exact) mass is 158 g/mol. The van der Waals surface area contributed by atoms with E-state index in [0.717, 1.165) is 0 Å². The van der Waals surface area contributed by atoms with Crippen LogP contribution in [-0.4, -0.2) is 22.2 Å². The number of hydrogen-bond donors (Lipinski definition) is 2. The highest BCUT2D eigenvalue weighted by Crippen LogP contribution is 2.38. The lowest BCUT2D eigenvalue weighted by molar-refractivity contribution is -0.129. The molecule has 0 aliphatic carbocycles. The molecule has 0 bridgehead atoms. The third-order valence-electron chi connectivity index (χ3n) is 1.79. The number of carbonyl (C=O) groups is 1. The molecular weight excluding hydrogens is 148 g/mol. The van der Waals surface area contributed by atoms with Crippen molar-refractivity contribution in [3.05, 3.63) is 0 Å². The summed E-state index contributed by atoms with van der Waals surface area (Å²) in [6.45, 7) is 4.18. The van der Waals surface area contributed by atoms with Gasteiger partial charge in [-0.2, -0.15) is 0 Å². The first-order valence-corrected chi connectivity index (χ1v) is 4.22. The van der Waals surface area contributed by atoms with Gasteiger partial charge in [0.2, 0.25) is 5.91 Å². The summed E-state index contributed by atoms with van der Waals surface area (Å²) < 4.78 is 0. The minimum absolute atomic E-state index is 0.0640. The summed E-state index contributed by atoms with van der Waals surface area (Å²) in [7, 11) is 0. The van der Waals surface area contributed by atoms with E-state index in [1.165, 1.54) is 0 Å². The second kappa shape index (κ2) is 1.68. The quantitative estimate of drug-likeness (QED) is 0.483. The number of rotatable bonds is 0. The van der Waals surface area contributed by atoms with Crippen LogP contribution in [0.25, 0.3) is 0 Å². The van der Waals surface area contributed by atoms with Gasteiger partial charge in [0, 0.05) is 0 Å². The zero-order valence-corrected chi connectivity index (χ0v) is 6.79. The van der Waals surface area contributed by atoms with Gasteiger partial charge in [0.15, 0.2) is 0 Å². The van der Waals surface area contributed by atoms with Crippen molar-refractivity contribution < 1.29 is 4.79 Å². The van der Waals surface area contributed by atoms with Gasteiger partial charge < -0.3 is 5.32 Å². The molecule has 2 aliphatic heterocycles. The van der Waals surface area contributed by atoms with Crippen molar-refractivity contribution in [3.8, 4) is 0 Å². The van der Waals surface area contributed by atoms with Crippen molar-refractivity contribution in [2.75, 3.05) is 0 Å². The third-order valence-corrected chi connectivity index (χ3v) is 3.15. The highest BCUT2D eigenvalue weighted by atomic mass is 32.2. The van der Waals surface area contributed by atoms with Crippen LogP contribution in [0.5, 0.6) is 0 Å². The van der Waals surface area contributed by atoms with Gasteiger partial charge in [-0.1, -0.05) is 0 Å². The maximum absolute atomic E-state index is 10.8. The third kappa shape index (κ3) is 0.754. The normalized spacial score (nSPS) is 42.0. The minimum Gasteiger partial charge on any atom is -0.341 e. The van der Waals surface area contributed by atoms with E-state index in [1.54, 1.807) is 11.8 Å². The van der Waals surface area contributed by atoms with Crippen LogP contribution in [0.15, 0.2) is 0 Å². The summed E-state index contributed by atoms with van der Waals surface area (Å²) in [5, 5.41) is 6.37. The maximum atomic E-state index is 10.8. The number of carbonyl (C=O) groups excluding carboxylic acids is 1. The van der Waals surface area contributed by atoms with Crippen LogP contribution < -0.4 is 10.6 Å². The zero-order chi connectivity index (χ0) is 7.35. The zero-order valence-electron chi connectivity index (χ0n) is 5.97. The SMILES string of the molecule is CC1(C)NC2C(=O)NC2S1. The van der Waals surface area contributed by atoms with Crippen LogP contribution in [-0.2, 0) is 4.79 Å². The maximum Gasteiger partial charge on any atom is 0.241 e. The Labute approximate surface area is 63.9 Å². The summed E-state index contributed by atoms with van der Waals surface area (Å²) in [6.07, 6.45) is 0. The van der Waals surface area contributed by atoms with E-state index in [2.05, 4.69) is 24.5 Å². The summed E-state index contributed by atoms with van der Waals surface area (Å²) in [6, 6.07) is 0.0694. The molecule has 0 aromatic heterocycles. The van der Waals surface area contributed by atoms with Crippen molar-refractivity contribution in [3.63, 3.8) is 0 Å². The van der Waals surface area contributed by atoms with Gasteiger partial charge in [0.05, 0.1) is 4.87 Å². The van der Waals surface area contributed by atoms with Gasteiger partial charge >= 0.3 is 0 Å². The van der Waals surface area contributed by atoms with E-state index in [4.69, 9.17) is 0 Å². The first-order chi connectivity index (χ1) is 4.58. The molecule has 0 radical (unpaired) electrons. The molecular formula is C6H10N2OS. The van der Waals surface area contributed by atoms with Gasteiger partial charge in [-0.15, -0.1) is 11.8 Å². The van der Waals surface area contributed by atoms with Crippen LogP contribution in [0, 0.1) is 0 Å². The summed E-state index contributed by atoms with van der Waals surface area (Å²) in [5.41, 5.74) is 0. The van der Waals surface area contributed by atoms with Crippen LogP contribution >= 0.6 is 11.8 Å². The molecule has 2 saturated heterocycles. The molecule has 0 aromatic rings. The fourth-order valence-electron chi connectivity index (χ4n) is 1.32. The smallest absolute Gasteiger partial charge is 0.241 e. The average molecular weight is 158 g/mol. The predicted octanol–water partition coefficient (Wildman–Crippen LogP) is -0.117. The molecule has 2 aliphatic rings. The Morgan fingerprint density at radius 1 is 1.60 bits per heavy atom. The number of fused-ring (bicyclic) bond motifs is 1. The topological polar surface area (TPSA) is 41.1 Å². The Kier molecular flexibility index (Phi) is 1.09. The molecule has 2 unspecified atom stereocenters. The van der Waals surface area contributed by atoms with E-state index in [1.807, 2.05) is 0 Å². The second-order valence-corrected chi connectivity index (χ2v) is 4.94. The summed E-state index contributed by atoms with van der Waals surface area (Å²) in [5.74, 6) is 0.142. The van der Waals surface area contributed by atoms with Crippen LogP contribution in [0.1, 0.15) is 13.8 Å². The molecule has 2 fully saturated rings. The standard InChI is InChI=1S/C6H10N2OS/c1-6(2)8-3-4(9)7-5(3)10-6/h3,5,8H,1-2H3,(H,7,9). The lowest BCUT2D eigenvalue weighted by Crippen LogP contribution is -2.63. The average Bonchev–Trinajstić information content (AvgIpc) is 2.04. The number of hydrogen-bond acceptors (Lipinski definition) is 3. The molecule has 0 spiro atoms. The van der Waals surface area contributed by atoms with Gasteiger partial charge in [-0.05, 0) is 13.8 Å². The number of thioether (sulfide) groups is 1.